The Kier molecular flexibility index (Phi) is 5.01. The third kappa shape index (κ3) is 3.45. The minimum Gasteiger partial charge on any atom is -0.355 e. The van der Waals surface area contributed by atoms with Gasteiger partial charge in [0, 0.05) is 17.7 Å². The first-order valence-corrected chi connectivity index (χ1v) is 7.04. The molecule has 0 bridgehead atoms. The molecule has 1 amide bonds. The van der Waals surface area contributed by atoms with Gasteiger partial charge in [0.1, 0.15) is 11.4 Å². The van der Waals surface area contributed by atoms with Crippen molar-refractivity contribution in [2.24, 2.45) is 0 Å². The minimum absolute atomic E-state index is 0.00393. The first-order valence-electron chi connectivity index (χ1n) is 6.16. The van der Waals surface area contributed by atoms with E-state index in [1.807, 2.05) is 27.7 Å². The third-order valence-electron chi connectivity index (χ3n) is 2.89. The normalized spacial score (nSPS) is 26.8. The molecule has 17 heavy (non-hydrogen) atoms. The van der Waals surface area contributed by atoms with Crippen LogP contribution in [0.1, 0.15) is 40.5 Å². The Labute approximate surface area is 107 Å². The topological polar surface area (TPSA) is 58.2 Å². The number of ketones is 1. The molecule has 98 valence electrons. The van der Waals surface area contributed by atoms with E-state index in [2.05, 4.69) is 10.6 Å². The Balaban J connectivity index is 2.66. The average Bonchev–Trinajstić information content (AvgIpc) is 2.61. The van der Waals surface area contributed by atoms with Gasteiger partial charge >= 0.3 is 0 Å². The molecule has 5 heteroatoms. The van der Waals surface area contributed by atoms with Gasteiger partial charge < -0.3 is 5.32 Å². The highest BCUT2D eigenvalue weighted by atomic mass is 32.2. The number of rotatable bonds is 5. The highest BCUT2D eigenvalue weighted by Gasteiger charge is 2.46. The van der Waals surface area contributed by atoms with Crippen LogP contribution in [0.15, 0.2) is 0 Å². The summed E-state index contributed by atoms with van der Waals surface area (Å²) < 4.78 is -0.243. The Morgan fingerprint density at radius 3 is 2.53 bits per heavy atom. The van der Waals surface area contributed by atoms with E-state index in [1.165, 1.54) is 0 Å². The third-order valence-corrected chi connectivity index (χ3v) is 4.37. The van der Waals surface area contributed by atoms with E-state index in [9.17, 15) is 9.59 Å². The fourth-order valence-electron chi connectivity index (χ4n) is 1.84. The van der Waals surface area contributed by atoms with Crippen molar-refractivity contribution in [3.05, 3.63) is 0 Å². The van der Waals surface area contributed by atoms with Crippen molar-refractivity contribution < 1.29 is 9.59 Å². The molecule has 1 fully saturated rings. The predicted molar refractivity (Wildman–Crippen MR) is 71.0 cm³/mol. The molecule has 1 aliphatic heterocycles. The van der Waals surface area contributed by atoms with Gasteiger partial charge in [-0.3, -0.25) is 14.9 Å². The molecule has 0 aliphatic carbocycles. The highest BCUT2D eigenvalue weighted by Crippen LogP contribution is 2.38. The molecular formula is C12H22N2O2S. The molecule has 1 heterocycles. The van der Waals surface area contributed by atoms with Gasteiger partial charge in [-0.2, -0.15) is 0 Å². The summed E-state index contributed by atoms with van der Waals surface area (Å²) in [6, 6.07) is -0.292. The van der Waals surface area contributed by atoms with Crippen LogP contribution in [-0.4, -0.2) is 34.4 Å². The molecule has 0 aromatic heterocycles. The predicted octanol–water partition coefficient (Wildman–Crippen LogP) is 1.30. The Morgan fingerprint density at radius 1 is 1.35 bits per heavy atom. The van der Waals surface area contributed by atoms with Crippen LogP contribution in [0.2, 0.25) is 0 Å². The van der Waals surface area contributed by atoms with E-state index in [0.717, 1.165) is 6.42 Å². The zero-order valence-corrected chi connectivity index (χ0v) is 11.8. The molecule has 1 unspecified atom stereocenters. The number of carbonyl (C=O) groups is 2. The van der Waals surface area contributed by atoms with Crippen molar-refractivity contribution in [1.29, 1.82) is 0 Å². The molecule has 0 aromatic carbocycles. The lowest BCUT2D eigenvalue weighted by atomic mass is 10.0. The molecule has 1 aliphatic rings. The molecule has 0 aromatic rings. The van der Waals surface area contributed by atoms with E-state index in [1.54, 1.807) is 11.8 Å². The van der Waals surface area contributed by atoms with Gasteiger partial charge in [0.15, 0.2) is 5.78 Å². The summed E-state index contributed by atoms with van der Waals surface area (Å²) in [5.41, 5.74) is 0. The molecule has 1 saturated heterocycles. The summed E-state index contributed by atoms with van der Waals surface area (Å²) in [4.78, 5) is 23.6. The zero-order chi connectivity index (χ0) is 13.1. The van der Waals surface area contributed by atoms with Crippen LogP contribution >= 0.6 is 11.8 Å². The molecular weight excluding hydrogens is 236 g/mol. The second-order valence-corrected chi connectivity index (χ2v) is 6.57. The van der Waals surface area contributed by atoms with Crippen molar-refractivity contribution in [2.45, 2.75) is 56.7 Å². The maximum atomic E-state index is 12.0. The lowest BCUT2D eigenvalue weighted by Gasteiger charge is -2.23. The van der Waals surface area contributed by atoms with E-state index >= 15 is 0 Å². The van der Waals surface area contributed by atoms with Crippen LogP contribution in [-0.2, 0) is 9.59 Å². The summed E-state index contributed by atoms with van der Waals surface area (Å²) >= 11 is 1.55. The van der Waals surface area contributed by atoms with Crippen molar-refractivity contribution in [3.63, 3.8) is 0 Å². The van der Waals surface area contributed by atoms with E-state index in [0.29, 0.717) is 13.0 Å². The van der Waals surface area contributed by atoms with Crippen molar-refractivity contribution in [1.82, 2.24) is 10.6 Å². The van der Waals surface area contributed by atoms with Gasteiger partial charge in [0.05, 0.1) is 0 Å². The fraction of sp³-hybridized carbons (Fsp3) is 0.833. The van der Waals surface area contributed by atoms with E-state index in [4.69, 9.17) is 0 Å². The highest BCUT2D eigenvalue weighted by molar-refractivity contribution is 8.02. The molecule has 0 saturated carbocycles. The fourth-order valence-corrected chi connectivity index (χ4v) is 3.26. The van der Waals surface area contributed by atoms with E-state index < -0.39 is 0 Å². The number of hydrogen-bond donors (Lipinski definition) is 2. The van der Waals surface area contributed by atoms with Crippen molar-refractivity contribution in [3.8, 4) is 0 Å². The Hall–Kier alpha value is -0.550. The number of carbonyl (C=O) groups excluding carboxylic acids is 2. The largest absolute Gasteiger partial charge is 0.355 e. The van der Waals surface area contributed by atoms with Crippen molar-refractivity contribution >= 4 is 23.5 Å². The van der Waals surface area contributed by atoms with Crippen LogP contribution in [0.4, 0.5) is 0 Å². The summed E-state index contributed by atoms with van der Waals surface area (Å²) in [5, 5.41) is 5.78. The van der Waals surface area contributed by atoms with Gasteiger partial charge in [-0.15, -0.1) is 11.8 Å². The minimum atomic E-state index is -0.292. The maximum absolute atomic E-state index is 12.0. The van der Waals surface area contributed by atoms with Gasteiger partial charge in [0.25, 0.3) is 0 Å². The molecule has 1 rings (SSSR count). The summed E-state index contributed by atoms with van der Waals surface area (Å²) in [6.07, 6.45) is 1.42. The first-order chi connectivity index (χ1) is 7.92. The van der Waals surface area contributed by atoms with E-state index in [-0.39, 0.29) is 27.9 Å². The number of nitrogens with one attached hydrogen (secondary N) is 2. The second-order valence-electron chi connectivity index (χ2n) is 4.81. The van der Waals surface area contributed by atoms with Crippen LogP contribution in [0.5, 0.6) is 0 Å². The summed E-state index contributed by atoms with van der Waals surface area (Å²) in [7, 11) is 0. The van der Waals surface area contributed by atoms with Crippen LogP contribution in [0.3, 0.4) is 0 Å². The number of hydrogen-bond acceptors (Lipinski definition) is 4. The summed E-state index contributed by atoms with van der Waals surface area (Å²) in [5.74, 6) is 0.157. The number of Topliss-reactive ketones (excluding diaryl/α,β-unsaturated/α-hetero) is 1. The van der Waals surface area contributed by atoms with Crippen LogP contribution < -0.4 is 10.6 Å². The molecule has 2 N–H and O–H groups in total. The lowest BCUT2D eigenvalue weighted by molar-refractivity contribution is -0.123. The van der Waals surface area contributed by atoms with Gasteiger partial charge in [-0.25, -0.2) is 0 Å². The van der Waals surface area contributed by atoms with Crippen molar-refractivity contribution in [2.75, 3.05) is 6.54 Å². The second kappa shape index (κ2) is 5.87. The SMILES string of the molecule is CCCNC(=O)[C@H]1NC(C(=O)CC)SC1(C)C. The lowest BCUT2D eigenvalue weighted by Crippen LogP contribution is -2.51. The number of thioether (sulfide) groups is 1. The molecule has 0 spiro atoms. The first kappa shape index (κ1) is 14.5. The monoisotopic (exact) mass is 258 g/mol. The van der Waals surface area contributed by atoms with Gasteiger partial charge in [-0.1, -0.05) is 13.8 Å². The molecule has 4 nitrogen and oxygen atoms in total. The average molecular weight is 258 g/mol. The van der Waals surface area contributed by atoms with Gasteiger partial charge in [-0.05, 0) is 20.3 Å². The quantitative estimate of drug-likeness (QED) is 0.780. The molecule has 0 radical (unpaired) electrons. The molecule has 2 atom stereocenters. The summed E-state index contributed by atoms with van der Waals surface area (Å²) in [6.45, 7) is 8.56. The van der Waals surface area contributed by atoms with Crippen LogP contribution in [0, 0.1) is 0 Å². The standard InChI is InChI=1S/C12H22N2O2S/c1-5-7-13-10(16)9-12(3,4)17-11(14-9)8(15)6-2/h9,11,14H,5-7H2,1-4H3,(H,13,16)/t9-,11?/m1/s1. The zero-order valence-electron chi connectivity index (χ0n) is 11.0. The smallest absolute Gasteiger partial charge is 0.238 e. The number of amides is 1. The van der Waals surface area contributed by atoms with Crippen LogP contribution in [0.25, 0.3) is 0 Å². The van der Waals surface area contributed by atoms with Gasteiger partial charge in [0.2, 0.25) is 5.91 Å². The Bertz CT molecular complexity index is 305. The maximum Gasteiger partial charge on any atom is 0.238 e. The Morgan fingerprint density at radius 2 is 2.00 bits per heavy atom.